The van der Waals surface area contributed by atoms with Crippen molar-refractivity contribution in [2.24, 2.45) is 0 Å². The van der Waals surface area contributed by atoms with Crippen molar-refractivity contribution in [3.8, 4) is 0 Å². The van der Waals surface area contributed by atoms with E-state index < -0.39 is 6.09 Å². The van der Waals surface area contributed by atoms with Crippen LogP contribution >= 0.6 is 24.0 Å². The highest BCUT2D eigenvalue weighted by Crippen LogP contribution is 2.20. The van der Waals surface area contributed by atoms with Crippen molar-refractivity contribution in [1.82, 2.24) is 4.90 Å². The Hall–Kier alpha value is -1.01. The van der Waals surface area contributed by atoms with Crippen LogP contribution in [0, 0.1) is 0 Å². The van der Waals surface area contributed by atoms with Crippen molar-refractivity contribution in [2.75, 3.05) is 44.8 Å². The second kappa shape index (κ2) is 9.02. The number of amides is 1. The van der Waals surface area contributed by atoms with E-state index >= 15 is 0 Å². The van der Waals surface area contributed by atoms with E-state index in [1.54, 1.807) is 24.3 Å². The Labute approximate surface area is 129 Å². The van der Waals surface area contributed by atoms with Gasteiger partial charge in [0.05, 0.1) is 23.9 Å². The quantitative estimate of drug-likeness (QED) is 0.926. The molecule has 0 bridgehead atoms. The molecule has 1 aliphatic rings. The third kappa shape index (κ3) is 5.54. The molecule has 0 saturated carbocycles. The highest BCUT2D eigenvalue weighted by molar-refractivity contribution is 6.33. The van der Waals surface area contributed by atoms with E-state index in [9.17, 15) is 4.79 Å². The Bertz CT molecular complexity index is 426. The Morgan fingerprint density at radius 1 is 1.35 bits per heavy atom. The number of rotatable bonds is 4. The molecule has 0 aromatic heterocycles. The first-order valence-electron chi connectivity index (χ1n) is 6.24. The molecule has 1 aliphatic heterocycles. The van der Waals surface area contributed by atoms with Crippen molar-refractivity contribution >= 4 is 35.8 Å². The lowest BCUT2D eigenvalue weighted by Crippen LogP contribution is -2.38. The van der Waals surface area contributed by atoms with E-state index in [0.29, 0.717) is 17.3 Å². The van der Waals surface area contributed by atoms with Gasteiger partial charge in [0, 0.05) is 19.6 Å². The monoisotopic (exact) mass is 320 g/mol. The van der Waals surface area contributed by atoms with Gasteiger partial charge in [0.1, 0.15) is 6.61 Å². The average molecular weight is 321 g/mol. The van der Waals surface area contributed by atoms with Gasteiger partial charge in [-0.05, 0) is 12.1 Å². The molecule has 20 heavy (non-hydrogen) atoms. The van der Waals surface area contributed by atoms with Crippen LogP contribution in [0.25, 0.3) is 0 Å². The molecule has 1 N–H and O–H groups in total. The van der Waals surface area contributed by atoms with Gasteiger partial charge in [0.15, 0.2) is 0 Å². The first kappa shape index (κ1) is 17.0. The molecule has 1 fully saturated rings. The summed E-state index contributed by atoms with van der Waals surface area (Å²) in [4.78, 5) is 13.8. The lowest BCUT2D eigenvalue weighted by molar-refractivity contribution is 0.0290. The van der Waals surface area contributed by atoms with Gasteiger partial charge in [-0.15, -0.1) is 12.4 Å². The number of hydrogen-bond acceptors (Lipinski definition) is 4. The normalized spacial score (nSPS) is 15.2. The zero-order valence-corrected chi connectivity index (χ0v) is 12.6. The summed E-state index contributed by atoms with van der Waals surface area (Å²) in [6.45, 7) is 4.33. The molecule has 112 valence electrons. The van der Waals surface area contributed by atoms with Crippen LogP contribution < -0.4 is 5.32 Å². The first-order chi connectivity index (χ1) is 9.25. The molecule has 1 aromatic carbocycles. The maximum atomic E-state index is 11.6. The molecule has 0 spiro atoms. The van der Waals surface area contributed by atoms with Crippen molar-refractivity contribution in [3.63, 3.8) is 0 Å². The van der Waals surface area contributed by atoms with Crippen LogP contribution in [0.3, 0.4) is 0 Å². The van der Waals surface area contributed by atoms with E-state index in [1.165, 1.54) is 0 Å². The van der Waals surface area contributed by atoms with E-state index in [4.69, 9.17) is 21.1 Å². The van der Waals surface area contributed by atoms with Gasteiger partial charge >= 0.3 is 6.09 Å². The zero-order chi connectivity index (χ0) is 13.5. The lowest BCUT2D eigenvalue weighted by Gasteiger charge is -2.26. The van der Waals surface area contributed by atoms with E-state index in [1.807, 2.05) is 0 Å². The number of ether oxygens (including phenoxy) is 2. The lowest BCUT2D eigenvalue weighted by atomic mass is 10.3. The number of morpholine rings is 1. The van der Waals surface area contributed by atoms with Gasteiger partial charge in [-0.25, -0.2) is 4.79 Å². The van der Waals surface area contributed by atoms with Gasteiger partial charge in [-0.3, -0.25) is 10.2 Å². The Morgan fingerprint density at radius 2 is 2.05 bits per heavy atom. The smallest absolute Gasteiger partial charge is 0.411 e. The maximum Gasteiger partial charge on any atom is 0.411 e. The third-order valence-electron chi connectivity index (χ3n) is 2.85. The summed E-state index contributed by atoms with van der Waals surface area (Å²) in [5, 5.41) is 3.10. The van der Waals surface area contributed by atoms with Crippen LogP contribution in [0.15, 0.2) is 24.3 Å². The minimum Gasteiger partial charge on any atom is -0.448 e. The molecule has 0 radical (unpaired) electrons. The van der Waals surface area contributed by atoms with Crippen molar-refractivity contribution in [2.45, 2.75) is 0 Å². The maximum absolute atomic E-state index is 11.6. The predicted octanol–water partition coefficient (Wildman–Crippen LogP) is 2.64. The molecule has 2 rings (SSSR count). The van der Waals surface area contributed by atoms with Gasteiger partial charge in [0.25, 0.3) is 0 Å². The number of nitrogens with zero attached hydrogens (tertiary/aromatic N) is 1. The predicted molar refractivity (Wildman–Crippen MR) is 80.9 cm³/mol. The van der Waals surface area contributed by atoms with Crippen LogP contribution in [0.5, 0.6) is 0 Å². The fraction of sp³-hybridized carbons (Fsp3) is 0.462. The zero-order valence-electron chi connectivity index (χ0n) is 11.0. The van der Waals surface area contributed by atoms with Crippen LogP contribution in [0.1, 0.15) is 0 Å². The molecule has 7 heteroatoms. The van der Waals surface area contributed by atoms with Crippen LogP contribution in [-0.4, -0.2) is 50.4 Å². The highest BCUT2D eigenvalue weighted by Gasteiger charge is 2.11. The minimum absolute atomic E-state index is 0. The Balaban J connectivity index is 0.00000200. The summed E-state index contributed by atoms with van der Waals surface area (Å²) >= 11 is 5.93. The molecule has 1 amide bonds. The average Bonchev–Trinajstić information content (AvgIpc) is 2.43. The highest BCUT2D eigenvalue weighted by atomic mass is 35.5. The topological polar surface area (TPSA) is 50.8 Å². The Morgan fingerprint density at radius 3 is 2.75 bits per heavy atom. The van der Waals surface area contributed by atoms with E-state index in [2.05, 4.69) is 10.2 Å². The summed E-state index contributed by atoms with van der Waals surface area (Å²) in [5.41, 5.74) is 0.556. The molecule has 1 saturated heterocycles. The van der Waals surface area contributed by atoms with Crippen LogP contribution in [0.2, 0.25) is 5.02 Å². The molecule has 1 aromatic rings. The molecule has 0 aliphatic carbocycles. The second-order valence-electron chi connectivity index (χ2n) is 4.19. The Kier molecular flexibility index (Phi) is 7.69. The van der Waals surface area contributed by atoms with E-state index in [-0.39, 0.29) is 12.4 Å². The molecule has 5 nitrogen and oxygen atoms in total. The van der Waals surface area contributed by atoms with Gasteiger partial charge in [-0.2, -0.15) is 0 Å². The molecule has 1 heterocycles. The molecular weight excluding hydrogens is 303 g/mol. The number of anilines is 1. The van der Waals surface area contributed by atoms with Crippen molar-refractivity contribution in [3.05, 3.63) is 29.3 Å². The number of halogens is 2. The number of para-hydroxylation sites is 1. The number of hydrogen-bond donors (Lipinski definition) is 1. The third-order valence-corrected chi connectivity index (χ3v) is 3.18. The van der Waals surface area contributed by atoms with Crippen molar-refractivity contribution in [1.29, 1.82) is 0 Å². The van der Waals surface area contributed by atoms with Gasteiger partial charge in [-0.1, -0.05) is 23.7 Å². The van der Waals surface area contributed by atoms with Gasteiger partial charge in [0.2, 0.25) is 0 Å². The van der Waals surface area contributed by atoms with Gasteiger partial charge < -0.3 is 9.47 Å². The summed E-state index contributed by atoms with van der Waals surface area (Å²) in [6.07, 6.45) is -0.485. The number of nitrogens with one attached hydrogen (secondary N) is 1. The summed E-state index contributed by atoms with van der Waals surface area (Å²) in [7, 11) is 0. The largest absolute Gasteiger partial charge is 0.448 e. The molecule has 0 unspecified atom stereocenters. The fourth-order valence-corrected chi connectivity index (χ4v) is 1.98. The number of carbonyl (C=O) groups is 1. The summed E-state index contributed by atoms with van der Waals surface area (Å²) < 4.78 is 10.4. The van der Waals surface area contributed by atoms with E-state index in [0.717, 1.165) is 32.8 Å². The fourth-order valence-electron chi connectivity index (χ4n) is 1.80. The molecule has 0 atom stereocenters. The number of benzene rings is 1. The van der Waals surface area contributed by atoms with Crippen LogP contribution in [-0.2, 0) is 9.47 Å². The SMILES string of the molecule is Cl.O=C(Nc1ccccc1Cl)OCCN1CCOCC1. The number of carbonyl (C=O) groups excluding carboxylic acids is 1. The minimum atomic E-state index is -0.485. The summed E-state index contributed by atoms with van der Waals surface area (Å²) in [6, 6.07) is 7.04. The van der Waals surface area contributed by atoms with Crippen LogP contribution in [0.4, 0.5) is 10.5 Å². The molecular formula is C13H18Cl2N2O3. The van der Waals surface area contributed by atoms with Crippen molar-refractivity contribution < 1.29 is 14.3 Å². The second-order valence-corrected chi connectivity index (χ2v) is 4.60. The summed E-state index contributed by atoms with van der Waals surface area (Å²) in [5.74, 6) is 0. The first-order valence-corrected chi connectivity index (χ1v) is 6.62. The standard InChI is InChI=1S/C13H17ClN2O3.ClH/c14-11-3-1-2-4-12(11)15-13(17)19-10-7-16-5-8-18-9-6-16;/h1-4H,5-10H2,(H,15,17);1H.